The highest BCUT2D eigenvalue weighted by Crippen LogP contribution is 2.26. The van der Waals surface area contributed by atoms with Gasteiger partial charge in [-0.25, -0.2) is 9.18 Å². The first kappa shape index (κ1) is 9.71. The van der Waals surface area contributed by atoms with Crippen LogP contribution in [0.15, 0.2) is 22.6 Å². The lowest BCUT2D eigenvalue weighted by Crippen LogP contribution is -1.98. The van der Waals surface area contributed by atoms with Gasteiger partial charge in [-0.15, -0.1) is 0 Å². The molecule has 4 heteroatoms. The van der Waals surface area contributed by atoms with E-state index < -0.39 is 11.8 Å². The molecule has 15 heavy (non-hydrogen) atoms. The third-order valence-corrected chi connectivity index (χ3v) is 2.26. The second-order valence-electron chi connectivity index (χ2n) is 3.20. The number of benzene rings is 1. The Hall–Kier alpha value is -1.84. The summed E-state index contributed by atoms with van der Waals surface area (Å²) in [6.45, 7) is 1.79. The van der Waals surface area contributed by atoms with Crippen molar-refractivity contribution >= 4 is 16.9 Å². The first-order valence-electron chi connectivity index (χ1n) is 4.57. The van der Waals surface area contributed by atoms with Gasteiger partial charge in [0, 0.05) is 17.9 Å². The van der Waals surface area contributed by atoms with Crippen LogP contribution in [-0.2, 0) is 6.42 Å². The molecule has 0 amide bonds. The number of carbonyl (C=O) groups is 1. The van der Waals surface area contributed by atoms with Crippen LogP contribution in [0.25, 0.3) is 11.0 Å². The highest BCUT2D eigenvalue weighted by molar-refractivity contribution is 6.03. The zero-order chi connectivity index (χ0) is 11.0. The molecule has 0 bridgehead atoms. The van der Waals surface area contributed by atoms with Gasteiger partial charge in [0.05, 0.1) is 0 Å². The zero-order valence-electron chi connectivity index (χ0n) is 8.08. The molecule has 0 saturated carbocycles. The molecule has 78 valence electrons. The van der Waals surface area contributed by atoms with Crippen LogP contribution in [0.2, 0.25) is 0 Å². The van der Waals surface area contributed by atoms with E-state index in [0.29, 0.717) is 17.6 Å². The molecular weight excluding hydrogens is 199 g/mol. The minimum Gasteiger partial charge on any atom is -0.478 e. The normalized spacial score (nSPS) is 10.8. The van der Waals surface area contributed by atoms with Gasteiger partial charge in [0.2, 0.25) is 0 Å². The maximum Gasteiger partial charge on any atom is 0.339 e. The molecule has 0 aliphatic heterocycles. The van der Waals surface area contributed by atoms with Crippen LogP contribution in [0.5, 0.6) is 0 Å². The predicted molar refractivity (Wildman–Crippen MR) is 52.5 cm³/mol. The van der Waals surface area contributed by atoms with E-state index in [9.17, 15) is 9.18 Å². The average Bonchev–Trinajstić information content (AvgIpc) is 2.54. The number of aromatic carboxylic acids is 1. The number of hydrogen-bond donors (Lipinski definition) is 1. The summed E-state index contributed by atoms with van der Waals surface area (Å²) in [6.07, 6.45) is 0.470. The van der Waals surface area contributed by atoms with Gasteiger partial charge >= 0.3 is 5.97 Å². The molecule has 2 aromatic rings. The van der Waals surface area contributed by atoms with E-state index in [0.717, 1.165) is 0 Å². The first-order chi connectivity index (χ1) is 7.13. The van der Waals surface area contributed by atoms with Crippen LogP contribution in [0, 0.1) is 5.82 Å². The van der Waals surface area contributed by atoms with Crippen LogP contribution < -0.4 is 0 Å². The van der Waals surface area contributed by atoms with Crippen LogP contribution in [0.1, 0.15) is 23.0 Å². The van der Waals surface area contributed by atoms with Crippen LogP contribution >= 0.6 is 0 Å². The Morgan fingerprint density at radius 3 is 2.87 bits per heavy atom. The van der Waals surface area contributed by atoms with Crippen molar-refractivity contribution in [2.24, 2.45) is 0 Å². The second kappa shape index (κ2) is 3.38. The molecule has 0 atom stereocenters. The Kier molecular flexibility index (Phi) is 2.19. The van der Waals surface area contributed by atoms with Crippen molar-refractivity contribution in [3.8, 4) is 0 Å². The van der Waals surface area contributed by atoms with E-state index in [1.165, 1.54) is 18.2 Å². The van der Waals surface area contributed by atoms with Crippen molar-refractivity contribution in [2.75, 3.05) is 0 Å². The monoisotopic (exact) mass is 208 g/mol. The Bertz CT molecular complexity index is 528. The minimum absolute atomic E-state index is 0.132. The fourth-order valence-electron chi connectivity index (χ4n) is 1.60. The SMILES string of the molecule is CCc1oc2cc(F)ccc2c1C(=O)O. The number of rotatable bonds is 2. The molecule has 1 aromatic carbocycles. The summed E-state index contributed by atoms with van der Waals surface area (Å²) in [5, 5.41) is 9.44. The molecule has 0 unspecified atom stereocenters. The number of fused-ring (bicyclic) bond motifs is 1. The summed E-state index contributed by atoms with van der Waals surface area (Å²) in [7, 11) is 0. The Labute approximate surface area is 85.1 Å². The lowest BCUT2D eigenvalue weighted by Gasteiger charge is -1.92. The average molecular weight is 208 g/mol. The summed E-state index contributed by atoms with van der Waals surface area (Å²) >= 11 is 0. The summed E-state index contributed by atoms with van der Waals surface area (Å²) in [5.74, 6) is -1.10. The molecule has 3 nitrogen and oxygen atoms in total. The fraction of sp³-hybridized carbons (Fsp3) is 0.182. The van der Waals surface area contributed by atoms with Gasteiger partial charge in [0.25, 0.3) is 0 Å². The molecule has 0 aliphatic carbocycles. The van der Waals surface area contributed by atoms with E-state index in [1.54, 1.807) is 6.92 Å². The molecule has 0 spiro atoms. The van der Waals surface area contributed by atoms with Crippen LogP contribution in [0.4, 0.5) is 4.39 Å². The molecule has 0 radical (unpaired) electrons. The van der Waals surface area contributed by atoms with E-state index in [4.69, 9.17) is 9.52 Å². The van der Waals surface area contributed by atoms with Crippen molar-refractivity contribution in [2.45, 2.75) is 13.3 Å². The maximum absolute atomic E-state index is 12.9. The van der Waals surface area contributed by atoms with E-state index in [-0.39, 0.29) is 11.1 Å². The van der Waals surface area contributed by atoms with Gasteiger partial charge in [-0.3, -0.25) is 0 Å². The van der Waals surface area contributed by atoms with Crippen LogP contribution in [0.3, 0.4) is 0 Å². The van der Waals surface area contributed by atoms with Crippen molar-refractivity contribution in [3.63, 3.8) is 0 Å². The van der Waals surface area contributed by atoms with Crippen molar-refractivity contribution in [1.82, 2.24) is 0 Å². The lowest BCUT2D eigenvalue weighted by atomic mass is 10.1. The smallest absolute Gasteiger partial charge is 0.339 e. The molecule has 1 aromatic heterocycles. The maximum atomic E-state index is 12.9. The van der Waals surface area contributed by atoms with Crippen molar-refractivity contribution in [3.05, 3.63) is 35.3 Å². The largest absolute Gasteiger partial charge is 0.478 e. The number of carboxylic acids is 1. The minimum atomic E-state index is -1.04. The highest BCUT2D eigenvalue weighted by Gasteiger charge is 2.18. The lowest BCUT2D eigenvalue weighted by molar-refractivity contribution is 0.0696. The Morgan fingerprint density at radius 2 is 2.27 bits per heavy atom. The second-order valence-corrected chi connectivity index (χ2v) is 3.20. The van der Waals surface area contributed by atoms with Crippen molar-refractivity contribution < 1.29 is 18.7 Å². The number of carboxylic acid groups (broad SMARTS) is 1. The highest BCUT2D eigenvalue weighted by atomic mass is 19.1. The van der Waals surface area contributed by atoms with Gasteiger partial charge in [0.1, 0.15) is 22.7 Å². The summed E-state index contributed by atoms with van der Waals surface area (Å²) in [6, 6.07) is 3.85. The van der Waals surface area contributed by atoms with E-state index >= 15 is 0 Å². The van der Waals surface area contributed by atoms with Crippen molar-refractivity contribution in [1.29, 1.82) is 0 Å². The first-order valence-corrected chi connectivity index (χ1v) is 4.57. The predicted octanol–water partition coefficient (Wildman–Crippen LogP) is 2.83. The number of hydrogen-bond acceptors (Lipinski definition) is 2. The molecular formula is C11H9FO3. The number of furan rings is 1. The molecule has 1 N–H and O–H groups in total. The number of aryl methyl sites for hydroxylation is 1. The van der Waals surface area contributed by atoms with Gasteiger partial charge in [-0.2, -0.15) is 0 Å². The van der Waals surface area contributed by atoms with E-state index in [2.05, 4.69) is 0 Å². The third kappa shape index (κ3) is 1.48. The third-order valence-electron chi connectivity index (χ3n) is 2.26. The van der Waals surface area contributed by atoms with Gasteiger partial charge in [0.15, 0.2) is 0 Å². The standard InChI is InChI=1S/C11H9FO3/c1-2-8-10(11(13)14)7-4-3-6(12)5-9(7)15-8/h3-5H,2H2,1H3,(H,13,14). The molecule has 0 aliphatic rings. The van der Waals surface area contributed by atoms with Gasteiger partial charge in [-0.1, -0.05) is 6.92 Å². The van der Waals surface area contributed by atoms with Gasteiger partial charge in [-0.05, 0) is 12.1 Å². The fourth-order valence-corrected chi connectivity index (χ4v) is 1.60. The Balaban J connectivity index is 2.80. The van der Waals surface area contributed by atoms with Gasteiger partial charge < -0.3 is 9.52 Å². The molecule has 1 heterocycles. The van der Waals surface area contributed by atoms with E-state index in [1.807, 2.05) is 0 Å². The van der Waals surface area contributed by atoms with Crippen LogP contribution in [-0.4, -0.2) is 11.1 Å². The topological polar surface area (TPSA) is 50.4 Å². The molecule has 2 rings (SSSR count). The summed E-state index contributed by atoms with van der Waals surface area (Å²) in [5.41, 5.74) is 0.414. The molecule has 0 fully saturated rings. The number of halogens is 1. The Morgan fingerprint density at radius 1 is 1.53 bits per heavy atom. The summed E-state index contributed by atoms with van der Waals surface area (Å²) < 4.78 is 18.1. The quantitative estimate of drug-likeness (QED) is 0.825. The zero-order valence-corrected chi connectivity index (χ0v) is 8.08. The summed E-state index contributed by atoms with van der Waals surface area (Å²) in [4.78, 5) is 11.0. The molecule has 0 saturated heterocycles.